The number of methoxy groups -OCH3 is 2. The summed E-state index contributed by atoms with van der Waals surface area (Å²) in [6, 6.07) is 11.4. The molecule has 0 saturated heterocycles. The minimum atomic E-state index is -1.29. The van der Waals surface area contributed by atoms with Crippen molar-refractivity contribution >= 4 is 29.5 Å². The minimum absolute atomic E-state index is 0.310. The van der Waals surface area contributed by atoms with Crippen molar-refractivity contribution in [3.63, 3.8) is 0 Å². The Morgan fingerprint density at radius 3 is 2.35 bits per heavy atom. The van der Waals surface area contributed by atoms with Gasteiger partial charge in [-0.15, -0.1) is 0 Å². The fourth-order valence-corrected chi connectivity index (χ4v) is 2.67. The molecule has 8 heteroatoms. The second-order valence-electron chi connectivity index (χ2n) is 5.79. The fraction of sp³-hybridized carbons (Fsp3) is 0.222. The summed E-state index contributed by atoms with van der Waals surface area (Å²) in [5.41, 5.74) is 2.64. The zero-order valence-corrected chi connectivity index (χ0v) is 14.6. The molecule has 0 bridgehead atoms. The second-order valence-corrected chi connectivity index (χ2v) is 5.79. The van der Waals surface area contributed by atoms with E-state index in [4.69, 9.17) is 19.5 Å². The van der Waals surface area contributed by atoms with Gasteiger partial charge in [0.1, 0.15) is 12.1 Å². The number of aryl methyl sites for hydroxylation is 1. The lowest BCUT2D eigenvalue weighted by Crippen LogP contribution is -2.11. The average Bonchev–Trinajstić information content (AvgIpc) is 2.66. The van der Waals surface area contributed by atoms with Crippen LogP contribution in [0, 0.1) is 0 Å². The molecule has 3 N–H and O–H groups in total. The largest absolute Gasteiger partial charge is 0.493 e. The van der Waals surface area contributed by atoms with Crippen LogP contribution in [0.3, 0.4) is 0 Å². The summed E-state index contributed by atoms with van der Waals surface area (Å²) in [6.45, 7) is 0. The lowest BCUT2D eigenvalue weighted by Gasteiger charge is -2.12. The molecule has 1 aromatic heterocycles. The number of nitrogens with zero attached hydrogens (tertiary/aromatic N) is 2. The van der Waals surface area contributed by atoms with Gasteiger partial charge in [0.15, 0.2) is 11.5 Å². The molecule has 7 nitrogen and oxygen atoms in total. The molecule has 0 aliphatic heterocycles. The molecule has 26 heavy (non-hydrogen) atoms. The van der Waals surface area contributed by atoms with Crippen LogP contribution in [0.15, 0.2) is 42.7 Å². The molecular weight excluding hydrogens is 333 g/mol. The van der Waals surface area contributed by atoms with E-state index >= 15 is 0 Å². The third-order valence-electron chi connectivity index (χ3n) is 4.05. The molecular formula is C18H20BN3O4. The van der Waals surface area contributed by atoms with Gasteiger partial charge in [0.25, 0.3) is 0 Å². The molecule has 1 heterocycles. The summed E-state index contributed by atoms with van der Waals surface area (Å²) < 4.78 is 10.7. The van der Waals surface area contributed by atoms with Crippen molar-refractivity contribution in [3.8, 4) is 11.5 Å². The first-order valence-corrected chi connectivity index (χ1v) is 8.19. The van der Waals surface area contributed by atoms with Crippen LogP contribution in [0.1, 0.15) is 5.56 Å². The highest BCUT2D eigenvalue weighted by Gasteiger charge is 2.11. The summed E-state index contributed by atoms with van der Waals surface area (Å²) in [5, 5.41) is 22.0. The quantitative estimate of drug-likeness (QED) is 0.561. The molecule has 0 radical (unpaired) electrons. The summed E-state index contributed by atoms with van der Waals surface area (Å²) in [7, 11) is 1.89. The van der Waals surface area contributed by atoms with Crippen LogP contribution < -0.4 is 14.8 Å². The number of ether oxygens (including phenoxy) is 2. The third-order valence-corrected chi connectivity index (χ3v) is 4.05. The second kappa shape index (κ2) is 8.03. The highest BCUT2D eigenvalue weighted by molar-refractivity contribution is 6.41. The van der Waals surface area contributed by atoms with E-state index in [-0.39, 0.29) is 0 Å². The predicted molar refractivity (Wildman–Crippen MR) is 101 cm³/mol. The van der Waals surface area contributed by atoms with Gasteiger partial charge < -0.3 is 24.8 Å². The van der Waals surface area contributed by atoms with Gasteiger partial charge in [-0.25, -0.2) is 9.97 Å². The Kier molecular flexibility index (Phi) is 5.55. The number of benzene rings is 2. The minimum Gasteiger partial charge on any atom is -0.493 e. The molecule has 0 amide bonds. The van der Waals surface area contributed by atoms with Gasteiger partial charge in [-0.3, -0.25) is 0 Å². The van der Waals surface area contributed by atoms with Crippen LogP contribution in [0.5, 0.6) is 11.5 Å². The van der Waals surface area contributed by atoms with E-state index in [2.05, 4.69) is 15.3 Å². The van der Waals surface area contributed by atoms with Crippen LogP contribution in [0.25, 0.3) is 10.9 Å². The smallest absolute Gasteiger partial charge is 0.451 e. The number of nitrogens with one attached hydrogen (secondary N) is 1. The third kappa shape index (κ3) is 4.04. The van der Waals surface area contributed by atoms with Gasteiger partial charge >= 0.3 is 7.12 Å². The average molecular weight is 353 g/mol. The van der Waals surface area contributed by atoms with Crippen molar-refractivity contribution in [1.29, 1.82) is 0 Å². The maximum Gasteiger partial charge on any atom is 0.451 e. The molecule has 0 aliphatic carbocycles. The van der Waals surface area contributed by atoms with E-state index in [9.17, 15) is 0 Å². The van der Waals surface area contributed by atoms with E-state index in [0.29, 0.717) is 30.1 Å². The van der Waals surface area contributed by atoms with Gasteiger partial charge in [-0.05, 0) is 36.5 Å². The molecule has 0 atom stereocenters. The first kappa shape index (κ1) is 18.0. The first-order chi connectivity index (χ1) is 12.6. The van der Waals surface area contributed by atoms with E-state index in [0.717, 1.165) is 22.2 Å². The number of aromatic nitrogens is 2. The maximum absolute atomic E-state index is 8.95. The molecule has 3 rings (SSSR count). The molecule has 0 unspecified atom stereocenters. The number of anilines is 2. The predicted octanol–water partition coefficient (Wildman–Crippen LogP) is 2.41. The fourth-order valence-electron chi connectivity index (χ4n) is 2.67. The van der Waals surface area contributed by atoms with Crippen LogP contribution >= 0.6 is 0 Å². The standard InChI is InChI=1S/C18H20BN3O4/c1-25-16-9-14-15(10-17(16)26-2)20-11-21-18(14)22-13-5-3-12(4-6-13)7-8-19(23)24/h3-6,9-11,23-24H,7-8H2,1-2H3,(H,20,21,22). The van der Waals surface area contributed by atoms with Crippen LogP contribution in [0.2, 0.25) is 6.32 Å². The van der Waals surface area contributed by atoms with E-state index in [1.54, 1.807) is 14.2 Å². The van der Waals surface area contributed by atoms with E-state index in [1.165, 1.54) is 6.33 Å². The van der Waals surface area contributed by atoms with E-state index in [1.807, 2.05) is 36.4 Å². The number of fused-ring (bicyclic) bond motifs is 1. The van der Waals surface area contributed by atoms with Crippen molar-refractivity contribution in [2.45, 2.75) is 12.7 Å². The zero-order valence-electron chi connectivity index (χ0n) is 14.6. The zero-order chi connectivity index (χ0) is 18.5. The normalized spacial score (nSPS) is 10.6. The van der Waals surface area contributed by atoms with Crippen molar-refractivity contribution in [2.75, 3.05) is 19.5 Å². The Morgan fingerprint density at radius 1 is 1.00 bits per heavy atom. The van der Waals surface area contributed by atoms with Crippen molar-refractivity contribution in [1.82, 2.24) is 9.97 Å². The van der Waals surface area contributed by atoms with Crippen molar-refractivity contribution in [3.05, 3.63) is 48.3 Å². The first-order valence-electron chi connectivity index (χ1n) is 8.19. The van der Waals surface area contributed by atoms with Gasteiger partial charge in [-0.2, -0.15) is 0 Å². The van der Waals surface area contributed by atoms with Crippen LogP contribution in [-0.2, 0) is 6.42 Å². The monoisotopic (exact) mass is 353 g/mol. The van der Waals surface area contributed by atoms with Crippen LogP contribution in [0.4, 0.5) is 11.5 Å². The molecule has 3 aromatic rings. The molecule has 134 valence electrons. The lowest BCUT2D eigenvalue weighted by molar-refractivity contribution is 0.356. The SMILES string of the molecule is COc1cc2ncnc(Nc3ccc(CCB(O)O)cc3)c2cc1OC. The summed E-state index contributed by atoms with van der Waals surface area (Å²) in [6.07, 6.45) is 2.41. The van der Waals surface area contributed by atoms with E-state index < -0.39 is 7.12 Å². The highest BCUT2D eigenvalue weighted by Crippen LogP contribution is 2.34. The molecule has 0 fully saturated rings. The number of hydrogen-bond acceptors (Lipinski definition) is 7. The maximum atomic E-state index is 8.95. The molecule has 2 aromatic carbocycles. The Balaban J connectivity index is 1.86. The van der Waals surface area contributed by atoms with Crippen LogP contribution in [-0.4, -0.2) is 41.4 Å². The molecule has 0 aliphatic rings. The lowest BCUT2D eigenvalue weighted by atomic mass is 9.83. The summed E-state index contributed by atoms with van der Waals surface area (Å²) in [4.78, 5) is 8.62. The summed E-state index contributed by atoms with van der Waals surface area (Å²) >= 11 is 0. The van der Waals surface area contributed by atoms with Crippen molar-refractivity contribution in [2.24, 2.45) is 0 Å². The van der Waals surface area contributed by atoms with Gasteiger partial charge in [0, 0.05) is 17.1 Å². The van der Waals surface area contributed by atoms with Crippen molar-refractivity contribution < 1.29 is 19.5 Å². The Hall–Kier alpha value is -2.84. The Bertz CT molecular complexity index is 887. The highest BCUT2D eigenvalue weighted by atomic mass is 16.5. The van der Waals surface area contributed by atoms with Gasteiger partial charge in [-0.1, -0.05) is 12.1 Å². The number of rotatable bonds is 7. The Labute approximate surface area is 151 Å². The number of hydrogen-bond donors (Lipinski definition) is 3. The Morgan fingerprint density at radius 2 is 1.69 bits per heavy atom. The molecule has 0 saturated carbocycles. The van der Waals surface area contributed by atoms with Gasteiger partial charge in [0.05, 0.1) is 19.7 Å². The summed E-state index contributed by atoms with van der Waals surface area (Å²) in [5.74, 6) is 1.88. The van der Waals surface area contributed by atoms with Gasteiger partial charge in [0.2, 0.25) is 0 Å². The molecule has 0 spiro atoms. The topological polar surface area (TPSA) is 96.7 Å².